The molecule has 3 aromatic rings. The van der Waals surface area contributed by atoms with Gasteiger partial charge < -0.3 is 19.3 Å². The molecule has 0 aliphatic carbocycles. The molecule has 0 spiro atoms. The molecule has 5 nitrogen and oxygen atoms in total. The molecule has 1 N–H and O–H groups in total. The maximum Gasteiger partial charge on any atom is 0.203 e. The summed E-state index contributed by atoms with van der Waals surface area (Å²) in [4.78, 5) is 13.5. The third-order valence-corrected chi connectivity index (χ3v) is 4.86. The molecule has 0 saturated heterocycles. The van der Waals surface area contributed by atoms with E-state index in [2.05, 4.69) is 0 Å². The highest BCUT2D eigenvalue weighted by Gasteiger charge is 2.19. The Hall–Kier alpha value is -2.99. The first-order valence-corrected chi connectivity index (χ1v) is 8.68. The Kier molecular flexibility index (Phi) is 5.14. The Bertz CT molecular complexity index is 920. The smallest absolute Gasteiger partial charge is 0.203 e. The fraction of sp³-hybridized carbons (Fsp3) is 0.150. The van der Waals surface area contributed by atoms with Gasteiger partial charge >= 0.3 is 0 Å². The van der Waals surface area contributed by atoms with E-state index in [0.717, 1.165) is 11.1 Å². The highest BCUT2D eigenvalue weighted by Crippen LogP contribution is 2.39. The molecule has 2 aromatic carbocycles. The number of phenolic OH excluding ortho intramolecular Hbond substituents is 1. The first-order valence-electron chi connectivity index (χ1n) is 7.80. The van der Waals surface area contributed by atoms with Crippen LogP contribution in [0.25, 0.3) is 11.1 Å². The molecule has 0 fully saturated rings. The molecule has 0 unspecified atom stereocenters. The molecule has 0 saturated carbocycles. The minimum absolute atomic E-state index is 0.138. The van der Waals surface area contributed by atoms with Crippen LogP contribution < -0.4 is 14.2 Å². The molecule has 134 valence electrons. The lowest BCUT2D eigenvalue weighted by Crippen LogP contribution is -2.02. The third-order valence-electron chi connectivity index (χ3n) is 3.93. The maximum atomic E-state index is 12.9. The number of carbonyl (C=O) groups excluding carboxylic acids is 1. The van der Waals surface area contributed by atoms with Crippen molar-refractivity contribution in [2.24, 2.45) is 0 Å². The van der Waals surface area contributed by atoms with Gasteiger partial charge in [-0.2, -0.15) is 0 Å². The molecule has 6 heteroatoms. The van der Waals surface area contributed by atoms with Crippen molar-refractivity contribution in [1.29, 1.82) is 0 Å². The summed E-state index contributed by atoms with van der Waals surface area (Å²) in [6, 6.07) is 12.0. The van der Waals surface area contributed by atoms with Crippen LogP contribution in [0.5, 0.6) is 23.0 Å². The van der Waals surface area contributed by atoms with Gasteiger partial charge in [-0.3, -0.25) is 4.79 Å². The first kappa shape index (κ1) is 17.8. The van der Waals surface area contributed by atoms with Crippen molar-refractivity contribution in [2.75, 3.05) is 21.3 Å². The summed E-state index contributed by atoms with van der Waals surface area (Å²) in [5.74, 6) is 1.35. The second-order valence-electron chi connectivity index (χ2n) is 5.49. The van der Waals surface area contributed by atoms with Crippen LogP contribution in [0.3, 0.4) is 0 Å². The van der Waals surface area contributed by atoms with Crippen LogP contribution in [0.15, 0.2) is 47.8 Å². The average Bonchev–Trinajstić information content (AvgIpc) is 3.16. The van der Waals surface area contributed by atoms with Crippen LogP contribution in [0.4, 0.5) is 0 Å². The summed E-state index contributed by atoms with van der Waals surface area (Å²) in [6.07, 6.45) is 0. The number of benzene rings is 2. The van der Waals surface area contributed by atoms with E-state index in [1.54, 1.807) is 30.3 Å². The molecule has 0 atom stereocenters. The number of ether oxygens (including phenoxy) is 3. The standard InChI is InChI=1S/C20H18O5S/c1-23-16-8-13(9-17(24-2)20(16)25-3)19(22)18-10-14(11-26-18)12-5-4-6-15(21)7-12/h4-11,21H,1-3H3. The highest BCUT2D eigenvalue weighted by atomic mass is 32.1. The number of thiophene rings is 1. The zero-order chi connectivity index (χ0) is 18.7. The summed E-state index contributed by atoms with van der Waals surface area (Å²) in [7, 11) is 4.54. The number of methoxy groups -OCH3 is 3. The zero-order valence-electron chi connectivity index (χ0n) is 14.6. The summed E-state index contributed by atoms with van der Waals surface area (Å²) < 4.78 is 15.9. The molecule has 0 aliphatic rings. The Morgan fingerprint density at radius 2 is 1.62 bits per heavy atom. The van der Waals surface area contributed by atoms with Gasteiger partial charge in [-0.25, -0.2) is 0 Å². The summed E-state index contributed by atoms with van der Waals surface area (Å²) in [5, 5.41) is 11.5. The van der Waals surface area contributed by atoms with Crippen molar-refractivity contribution < 1.29 is 24.1 Å². The number of hydrogen-bond donors (Lipinski definition) is 1. The van der Waals surface area contributed by atoms with Crippen LogP contribution in [0.2, 0.25) is 0 Å². The van der Waals surface area contributed by atoms with Crippen LogP contribution in [-0.4, -0.2) is 32.2 Å². The second-order valence-corrected chi connectivity index (χ2v) is 6.40. The lowest BCUT2D eigenvalue weighted by atomic mass is 10.1. The number of aromatic hydroxyl groups is 1. The third kappa shape index (κ3) is 3.36. The minimum atomic E-state index is -0.138. The van der Waals surface area contributed by atoms with Crippen molar-refractivity contribution in [3.63, 3.8) is 0 Å². The van der Waals surface area contributed by atoms with Gasteiger partial charge in [0.2, 0.25) is 11.5 Å². The second kappa shape index (κ2) is 7.49. The van der Waals surface area contributed by atoms with Crippen LogP contribution in [0.1, 0.15) is 15.2 Å². The molecule has 26 heavy (non-hydrogen) atoms. The van der Waals surface area contributed by atoms with E-state index in [1.807, 2.05) is 17.5 Å². The summed E-state index contributed by atoms with van der Waals surface area (Å²) in [6.45, 7) is 0. The summed E-state index contributed by atoms with van der Waals surface area (Å²) >= 11 is 1.35. The van der Waals surface area contributed by atoms with Gasteiger partial charge in [-0.15, -0.1) is 11.3 Å². The van der Waals surface area contributed by atoms with Gasteiger partial charge in [-0.05, 0) is 46.8 Å². The maximum absolute atomic E-state index is 12.9. The van der Waals surface area contributed by atoms with E-state index in [0.29, 0.717) is 27.7 Å². The fourth-order valence-electron chi connectivity index (χ4n) is 2.65. The van der Waals surface area contributed by atoms with Gasteiger partial charge in [0, 0.05) is 5.56 Å². The Morgan fingerprint density at radius 3 is 2.19 bits per heavy atom. The van der Waals surface area contributed by atoms with Crippen molar-refractivity contribution in [1.82, 2.24) is 0 Å². The monoisotopic (exact) mass is 370 g/mol. The van der Waals surface area contributed by atoms with Gasteiger partial charge in [0.05, 0.1) is 26.2 Å². The highest BCUT2D eigenvalue weighted by molar-refractivity contribution is 7.12. The van der Waals surface area contributed by atoms with Crippen LogP contribution in [-0.2, 0) is 0 Å². The minimum Gasteiger partial charge on any atom is -0.508 e. The summed E-state index contributed by atoms with van der Waals surface area (Å²) in [5.41, 5.74) is 2.18. The normalized spacial score (nSPS) is 10.4. The van der Waals surface area contributed by atoms with E-state index in [-0.39, 0.29) is 11.5 Å². The molecule has 3 rings (SSSR count). The van der Waals surface area contributed by atoms with Crippen molar-refractivity contribution in [2.45, 2.75) is 0 Å². The van der Waals surface area contributed by atoms with E-state index in [9.17, 15) is 9.90 Å². The first-order chi connectivity index (χ1) is 12.6. The number of carbonyl (C=O) groups is 1. The zero-order valence-corrected chi connectivity index (χ0v) is 15.4. The van der Waals surface area contributed by atoms with Crippen molar-refractivity contribution >= 4 is 17.1 Å². The Morgan fingerprint density at radius 1 is 0.923 bits per heavy atom. The SMILES string of the molecule is COc1cc(C(=O)c2cc(-c3cccc(O)c3)cs2)cc(OC)c1OC. The molecule has 1 aromatic heterocycles. The molecular formula is C20H18O5S. The van der Waals surface area contributed by atoms with E-state index in [1.165, 1.54) is 32.7 Å². The lowest BCUT2D eigenvalue weighted by Gasteiger charge is -2.13. The quantitative estimate of drug-likeness (QED) is 0.653. The van der Waals surface area contributed by atoms with E-state index >= 15 is 0 Å². The number of rotatable bonds is 6. The van der Waals surface area contributed by atoms with E-state index in [4.69, 9.17) is 14.2 Å². The Labute approximate surface area is 155 Å². The predicted octanol–water partition coefficient (Wildman–Crippen LogP) is 4.38. The van der Waals surface area contributed by atoms with Gasteiger partial charge in [0.25, 0.3) is 0 Å². The molecule has 0 aliphatic heterocycles. The predicted molar refractivity (Wildman–Crippen MR) is 101 cm³/mol. The number of ketones is 1. The molecule has 0 radical (unpaired) electrons. The topological polar surface area (TPSA) is 65.0 Å². The molecule has 0 amide bonds. The molecule has 0 bridgehead atoms. The van der Waals surface area contributed by atoms with Crippen molar-refractivity contribution in [3.8, 4) is 34.1 Å². The molecule has 1 heterocycles. The lowest BCUT2D eigenvalue weighted by molar-refractivity contribution is 0.104. The number of hydrogen-bond acceptors (Lipinski definition) is 6. The van der Waals surface area contributed by atoms with Gasteiger partial charge in [0.1, 0.15) is 5.75 Å². The largest absolute Gasteiger partial charge is 0.508 e. The molecular weight excluding hydrogens is 352 g/mol. The number of phenols is 1. The van der Waals surface area contributed by atoms with Gasteiger partial charge in [0.15, 0.2) is 11.5 Å². The fourth-order valence-corrected chi connectivity index (χ4v) is 3.52. The Balaban J connectivity index is 1.98. The van der Waals surface area contributed by atoms with E-state index < -0.39 is 0 Å². The van der Waals surface area contributed by atoms with Crippen molar-refractivity contribution in [3.05, 3.63) is 58.3 Å². The van der Waals surface area contributed by atoms with Gasteiger partial charge in [-0.1, -0.05) is 12.1 Å². The van der Waals surface area contributed by atoms with Crippen LogP contribution in [0, 0.1) is 0 Å². The average molecular weight is 370 g/mol. The van der Waals surface area contributed by atoms with Crippen LogP contribution >= 0.6 is 11.3 Å².